The second-order valence-corrected chi connectivity index (χ2v) is 5.20. The number of para-hydroxylation sites is 2. The molecule has 1 fully saturated rings. The van der Waals surface area contributed by atoms with E-state index in [2.05, 4.69) is 10.6 Å². The third-order valence-electron chi connectivity index (χ3n) is 3.50. The molecular formula is C16H22N2O3. The molecule has 1 aromatic rings. The van der Waals surface area contributed by atoms with Gasteiger partial charge in [-0.15, -0.1) is 0 Å². The van der Waals surface area contributed by atoms with Crippen molar-refractivity contribution in [1.29, 1.82) is 0 Å². The van der Waals surface area contributed by atoms with Gasteiger partial charge in [-0.25, -0.2) is 0 Å². The normalized spacial score (nSPS) is 14.7. The molecule has 0 aromatic heterocycles. The number of hydrogen-bond donors (Lipinski definition) is 2. The number of nitrogens with one attached hydrogen (secondary N) is 2. The minimum absolute atomic E-state index is 0.156. The number of benzene rings is 1. The lowest BCUT2D eigenvalue weighted by Gasteiger charge is -2.13. The van der Waals surface area contributed by atoms with Crippen molar-refractivity contribution < 1.29 is 14.3 Å². The van der Waals surface area contributed by atoms with Crippen molar-refractivity contribution in [3.8, 4) is 5.75 Å². The Bertz CT molecular complexity index is 496. The molecule has 0 bridgehead atoms. The van der Waals surface area contributed by atoms with E-state index in [1.807, 2.05) is 19.1 Å². The van der Waals surface area contributed by atoms with Crippen LogP contribution in [0.15, 0.2) is 24.3 Å². The Balaban J connectivity index is 1.84. The zero-order chi connectivity index (χ0) is 15.1. The van der Waals surface area contributed by atoms with Crippen molar-refractivity contribution in [2.45, 2.75) is 45.1 Å². The minimum atomic E-state index is -0.322. The summed E-state index contributed by atoms with van der Waals surface area (Å²) in [6, 6.07) is 7.45. The van der Waals surface area contributed by atoms with Gasteiger partial charge in [0.1, 0.15) is 12.2 Å². The standard InChI is InChI=1S/C16H22N2O3/c1-2-21-14-10-6-5-9-13(14)18-16(20)11-15(19)17-12-7-3-4-8-12/h5-6,9-10,12H,2-4,7-8,11H2,1H3,(H,17,19)(H,18,20). The van der Waals surface area contributed by atoms with E-state index in [1.165, 1.54) is 0 Å². The van der Waals surface area contributed by atoms with Gasteiger partial charge >= 0.3 is 0 Å². The van der Waals surface area contributed by atoms with E-state index in [0.29, 0.717) is 18.0 Å². The van der Waals surface area contributed by atoms with Crippen LogP contribution in [-0.4, -0.2) is 24.5 Å². The topological polar surface area (TPSA) is 67.4 Å². The van der Waals surface area contributed by atoms with Crippen LogP contribution < -0.4 is 15.4 Å². The van der Waals surface area contributed by atoms with Crippen molar-refractivity contribution in [1.82, 2.24) is 5.32 Å². The van der Waals surface area contributed by atoms with E-state index in [9.17, 15) is 9.59 Å². The molecule has 0 unspecified atom stereocenters. The van der Waals surface area contributed by atoms with E-state index < -0.39 is 0 Å². The first kappa shape index (κ1) is 15.4. The third-order valence-corrected chi connectivity index (χ3v) is 3.50. The Hall–Kier alpha value is -2.04. The molecule has 0 aliphatic heterocycles. The highest BCUT2D eigenvalue weighted by Gasteiger charge is 2.19. The SMILES string of the molecule is CCOc1ccccc1NC(=O)CC(=O)NC1CCCC1. The molecule has 21 heavy (non-hydrogen) atoms. The van der Waals surface area contributed by atoms with Crippen LogP contribution >= 0.6 is 0 Å². The van der Waals surface area contributed by atoms with E-state index in [4.69, 9.17) is 4.74 Å². The molecule has 0 atom stereocenters. The van der Waals surface area contributed by atoms with Crippen LogP contribution in [0.1, 0.15) is 39.0 Å². The number of carbonyl (C=O) groups excluding carboxylic acids is 2. The van der Waals surface area contributed by atoms with Crippen LogP contribution in [-0.2, 0) is 9.59 Å². The summed E-state index contributed by atoms with van der Waals surface area (Å²) in [7, 11) is 0. The fourth-order valence-electron chi connectivity index (χ4n) is 2.54. The van der Waals surface area contributed by atoms with Crippen LogP contribution in [0, 0.1) is 0 Å². The summed E-state index contributed by atoms with van der Waals surface area (Å²) in [5.41, 5.74) is 0.595. The predicted octanol–water partition coefficient (Wildman–Crippen LogP) is 2.47. The maximum Gasteiger partial charge on any atom is 0.233 e. The Morgan fingerprint density at radius 2 is 1.90 bits per heavy atom. The van der Waals surface area contributed by atoms with E-state index >= 15 is 0 Å². The minimum Gasteiger partial charge on any atom is -0.492 e. The van der Waals surface area contributed by atoms with Gasteiger partial charge < -0.3 is 15.4 Å². The van der Waals surface area contributed by atoms with E-state index in [1.54, 1.807) is 12.1 Å². The first-order chi connectivity index (χ1) is 10.2. The molecule has 114 valence electrons. The van der Waals surface area contributed by atoms with Gasteiger partial charge in [0.2, 0.25) is 11.8 Å². The molecule has 0 heterocycles. The van der Waals surface area contributed by atoms with Crippen LogP contribution in [0.25, 0.3) is 0 Å². The Morgan fingerprint density at radius 3 is 2.62 bits per heavy atom. The van der Waals surface area contributed by atoms with Gasteiger partial charge in [-0.3, -0.25) is 9.59 Å². The average Bonchev–Trinajstić information content (AvgIpc) is 2.93. The molecular weight excluding hydrogens is 268 g/mol. The molecule has 2 N–H and O–H groups in total. The summed E-state index contributed by atoms with van der Waals surface area (Å²) in [6.07, 6.45) is 4.18. The highest BCUT2D eigenvalue weighted by molar-refractivity contribution is 6.04. The summed E-state index contributed by atoms with van der Waals surface area (Å²) < 4.78 is 5.44. The highest BCUT2D eigenvalue weighted by Crippen LogP contribution is 2.23. The zero-order valence-corrected chi connectivity index (χ0v) is 12.4. The van der Waals surface area contributed by atoms with Crippen LogP contribution in [0.3, 0.4) is 0 Å². The largest absolute Gasteiger partial charge is 0.492 e. The van der Waals surface area contributed by atoms with Crippen LogP contribution in [0.5, 0.6) is 5.75 Å². The van der Waals surface area contributed by atoms with Crippen molar-refractivity contribution >= 4 is 17.5 Å². The lowest BCUT2D eigenvalue weighted by atomic mass is 10.2. The maximum atomic E-state index is 11.9. The fraction of sp³-hybridized carbons (Fsp3) is 0.500. The maximum absolute atomic E-state index is 11.9. The molecule has 5 heteroatoms. The van der Waals surface area contributed by atoms with Crippen molar-refractivity contribution in [3.05, 3.63) is 24.3 Å². The van der Waals surface area contributed by atoms with Gasteiger partial charge in [0.15, 0.2) is 0 Å². The molecule has 0 saturated heterocycles. The Morgan fingerprint density at radius 1 is 1.19 bits per heavy atom. The van der Waals surface area contributed by atoms with Crippen LogP contribution in [0.2, 0.25) is 0 Å². The molecule has 5 nitrogen and oxygen atoms in total. The van der Waals surface area contributed by atoms with Crippen molar-refractivity contribution in [3.63, 3.8) is 0 Å². The molecule has 1 aliphatic rings. The smallest absolute Gasteiger partial charge is 0.233 e. The summed E-state index contributed by atoms with van der Waals surface area (Å²) in [5.74, 6) is 0.0792. The molecule has 0 spiro atoms. The molecule has 1 aromatic carbocycles. The van der Waals surface area contributed by atoms with Gasteiger partial charge in [0, 0.05) is 6.04 Å². The number of amides is 2. The second kappa shape index (κ2) is 7.67. The van der Waals surface area contributed by atoms with E-state index in [-0.39, 0.29) is 24.3 Å². The zero-order valence-electron chi connectivity index (χ0n) is 12.4. The highest BCUT2D eigenvalue weighted by atomic mass is 16.5. The molecule has 1 saturated carbocycles. The molecule has 0 radical (unpaired) electrons. The number of carbonyl (C=O) groups is 2. The second-order valence-electron chi connectivity index (χ2n) is 5.20. The Kier molecular flexibility index (Phi) is 5.60. The van der Waals surface area contributed by atoms with Crippen molar-refractivity contribution in [2.75, 3.05) is 11.9 Å². The van der Waals surface area contributed by atoms with Gasteiger partial charge in [0.05, 0.1) is 12.3 Å². The summed E-state index contributed by atoms with van der Waals surface area (Å²) >= 11 is 0. The number of hydrogen-bond acceptors (Lipinski definition) is 3. The summed E-state index contributed by atoms with van der Waals surface area (Å²) in [5, 5.41) is 5.63. The number of rotatable bonds is 6. The number of anilines is 1. The van der Waals surface area contributed by atoms with Gasteiger partial charge in [0.25, 0.3) is 0 Å². The lowest BCUT2D eigenvalue weighted by Crippen LogP contribution is -2.35. The van der Waals surface area contributed by atoms with Gasteiger partial charge in [-0.2, -0.15) is 0 Å². The summed E-state index contributed by atoms with van der Waals surface area (Å²) in [4.78, 5) is 23.7. The van der Waals surface area contributed by atoms with Crippen molar-refractivity contribution in [2.24, 2.45) is 0 Å². The molecule has 1 aliphatic carbocycles. The average molecular weight is 290 g/mol. The molecule has 2 rings (SSSR count). The quantitative estimate of drug-likeness (QED) is 0.791. The number of ether oxygens (including phenoxy) is 1. The van der Waals surface area contributed by atoms with Gasteiger partial charge in [-0.05, 0) is 31.9 Å². The first-order valence-corrected chi connectivity index (χ1v) is 7.50. The first-order valence-electron chi connectivity index (χ1n) is 7.50. The predicted molar refractivity (Wildman–Crippen MR) is 81.3 cm³/mol. The monoisotopic (exact) mass is 290 g/mol. The summed E-state index contributed by atoms with van der Waals surface area (Å²) in [6.45, 7) is 2.41. The fourth-order valence-corrected chi connectivity index (χ4v) is 2.54. The molecule has 2 amide bonds. The Labute approximate surface area is 125 Å². The van der Waals surface area contributed by atoms with E-state index in [0.717, 1.165) is 25.7 Å². The lowest BCUT2D eigenvalue weighted by molar-refractivity contribution is -0.127. The van der Waals surface area contributed by atoms with Gasteiger partial charge in [-0.1, -0.05) is 25.0 Å². The third kappa shape index (κ3) is 4.77. The van der Waals surface area contributed by atoms with Crippen LogP contribution in [0.4, 0.5) is 5.69 Å².